The number of fused-ring (bicyclic) bond motifs is 1. The van der Waals surface area contributed by atoms with Crippen LogP contribution in [0.5, 0.6) is 0 Å². The van der Waals surface area contributed by atoms with E-state index in [1.165, 1.54) is 0 Å². The normalized spacial score (nSPS) is 20.9. The molecule has 0 spiro atoms. The standard InChI is InChI=1S/C8H8N2O/c11-8-7-3-1-2-5-10(7)6-4-9-8/h1-4,6H,5H2,(H,9,11)/p+1. The number of carbonyl (C=O) groups excluding carboxylic acids is 1. The Morgan fingerprint density at radius 1 is 1.64 bits per heavy atom. The number of hydrogen-bond donors (Lipinski definition) is 1. The van der Waals surface area contributed by atoms with Crippen LogP contribution >= 0.6 is 0 Å². The summed E-state index contributed by atoms with van der Waals surface area (Å²) in [7, 11) is 0. The van der Waals surface area contributed by atoms with E-state index in [1.54, 1.807) is 6.20 Å². The van der Waals surface area contributed by atoms with Crippen molar-refractivity contribution in [2.75, 3.05) is 6.54 Å². The third-order valence-electron chi connectivity index (χ3n) is 1.70. The highest BCUT2D eigenvalue weighted by Crippen LogP contribution is 2.12. The lowest BCUT2D eigenvalue weighted by molar-refractivity contribution is -0.118. The molecule has 0 atom stereocenters. The minimum atomic E-state index is -0.0307. The van der Waals surface area contributed by atoms with Gasteiger partial charge in [-0.15, -0.1) is 0 Å². The van der Waals surface area contributed by atoms with Crippen LogP contribution in [0.25, 0.3) is 0 Å². The van der Waals surface area contributed by atoms with Gasteiger partial charge in [0.25, 0.3) is 5.91 Å². The number of carbonyl (C=O) groups is 1. The van der Waals surface area contributed by atoms with E-state index in [0.717, 1.165) is 12.2 Å². The van der Waals surface area contributed by atoms with E-state index in [9.17, 15) is 4.79 Å². The van der Waals surface area contributed by atoms with Crippen molar-refractivity contribution < 1.29 is 6.22 Å². The molecule has 0 unspecified atom stereocenters. The molecule has 11 heavy (non-hydrogen) atoms. The number of rotatable bonds is 0. The maximum atomic E-state index is 11.1. The predicted octanol–water partition coefficient (Wildman–Crippen LogP) is 0.456. The number of amides is 1. The first-order valence-electron chi connectivity index (χ1n) is 3.49. The van der Waals surface area contributed by atoms with E-state index in [4.69, 9.17) is 0 Å². The van der Waals surface area contributed by atoms with Crippen molar-refractivity contribution in [2.45, 2.75) is 0 Å². The van der Waals surface area contributed by atoms with E-state index in [1.807, 2.05) is 29.3 Å². The van der Waals surface area contributed by atoms with Crippen LogP contribution in [0.1, 0.15) is 1.43 Å². The molecule has 2 aliphatic heterocycles. The van der Waals surface area contributed by atoms with Crippen molar-refractivity contribution in [3.05, 3.63) is 36.3 Å². The Morgan fingerprint density at radius 2 is 2.55 bits per heavy atom. The SMILES string of the molecule is O=C1NC=CN2CC=CC=C12.[H+]. The van der Waals surface area contributed by atoms with Crippen molar-refractivity contribution in [1.29, 1.82) is 0 Å². The van der Waals surface area contributed by atoms with Crippen LogP contribution in [0.15, 0.2) is 36.3 Å². The fourth-order valence-corrected chi connectivity index (χ4v) is 1.15. The second-order valence-corrected chi connectivity index (χ2v) is 2.42. The minimum Gasteiger partial charge on any atom is -0.338 e. The average molecular weight is 149 g/mol. The smallest absolute Gasteiger partial charge is 0.338 e. The van der Waals surface area contributed by atoms with Crippen molar-refractivity contribution >= 4 is 5.91 Å². The van der Waals surface area contributed by atoms with E-state index < -0.39 is 0 Å². The molecule has 0 fully saturated rings. The third kappa shape index (κ3) is 0.941. The second kappa shape index (κ2) is 2.27. The first-order chi connectivity index (χ1) is 5.38. The Hall–Kier alpha value is -1.51. The molecular formula is C8H9N2O+. The van der Waals surface area contributed by atoms with Crippen LogP contribution < -0.4 is 5.32 Å². The van der Waals surface area contributed by atoms with Crippen molar-refractivity contribution in [3.8, 4) is 0 Å². The van der Waals surface area contributed by atoms with Gasteiger partial charge < -0.3 is 10.2 Å². The van der Waals surface area contributed by atoms with Crippen LogP contribution in [0.4, 0.5) is 0 Å². The molecule has 0 bridgehead atoms. The van der Waals surface area contributed by atoms with Crippen molar-refractivity contribution in [1.82, 2.24) is 10.2 Å². The van der Waals surface area contributed by atoms with Gasteiger partial charge in [0.1, 0.15) is 5.70 Å². The van der Waals surface area contributed by atoms with Crippen molar-refractivity contribution in [3.63, 3.8) is 0 Å². The lowest BCUT2D eigenvalue weighted by atomic mass is 10.2. The van der Waals surface area contributed by atoms with Crippen molar-refractivity contribution in [2.24, 2.45) is 0 Å². The van der Waals surface area contributed by atoms with Gasteiger partial charge in [-0.3, -0.25) is 4.79 Å². The van der Waals surface area contributed by atoms with Gasteiger partial charge in [-0.25, -0.2) is 0 Å². The van der Waals surface area contributed by atoms with Crippen LogP contribution in [0.2, 0.25) is 0 Å². The van der Waals surface area contributed by atoms with Gasteiger partial charge in [-0.1, -0.05) is 12.2 Å². The van der Waals surface area contributed by atoms with Crippen LogP contribution in [-0.4, -0.2) is 17.4 Å². The summed E-state index contributed by atoms with van der Waals surface area (Å²) in [6.07, 6.45) is 9.22. The van der Waals surface area contributed by atoms with Crippen LogP contribution in [0, 0.1) is 0 Å². The van der Waals surface area contributed by atoms with Crippen LogP contribution in [-0.2, 0) is 4.79 Å². The quantitative estimate of drug-likeness (QED) is 0.542. The Bertz CT molecular complexity index is 281. The highest BCUT2D eigenvalue weighted by atomic mass is 16.2. The van der Waals surface area contributed by atoms with E-state index in [2.05, 4.69) is 5.32 Å². The topological polar surface area (TPSA) is 32.3 Å². The minimum absolute atomic E-state index is 0. The molecule has 0 aromatic rings. The Kier molecular flexibility index (Phi) is 1.28. The number of nitrogens with one attached hydrogen (secondary N) is 1. The third-order valence-corrected chi connectivity index (χ3v) is 1.70. The van der Waals surface area contributed by atoms with E-state index >= 15 is 0 Å². The van der Waals surface area contributed by atoms with Gasteiger partial charge in [0, 0.05) is 18.9 Å². The molecule has 3 heteroatoms. The fourth-order valence-electron chi connectivity index (χ4n) is 1.15. The first-order valence-corrected chi connectivity index (χ1v) is 3.49. The average Bonchev–Trinajstić information content (AvgIpc) is 2.06. The number of hydrogen-bond acceptors (Lipinski definition) is 2. The zero-order valence-electron chi connectivity index (χ0n) is 6.95. The highest BCUT2D eigenvalue weighted by molar-refractivity contribution is 5.95. The fraction of sp³-hybridized carbons (Fsp3) is 0.125. The van der Waals surface area contributed by atoms with Gasteiger partial charge in [0.05, 0.1) is 0 Å². The maximum absolute atomic E-state index is 11.1. The van der Waals surface area contributed by atoms with E-state index in [-0.39, 0.29) is 7.33 Å². The summed E-state index contributed by atoms with van der Waals surface area (Å²) < 4.78 is 0. The van der Waals surface area contributed by atoms with Crippen LogP contribution in [0.3, 0.4) is 0 Å². The molecule has 0 radical (unpaired) electrons. The van der Waals surface area contributed by atoms with Gasteiger partial charge in [0.15, 0.2) is 0 Å². The summed E-state index contributed by atoms with van der Waals surface area (Å²) >= 11 is 0. The zero-order valence-corrected chi connectivity index (χ0v) is 5.95. The number of allylic oxidation sites excluding steroid dienone is 2. The molecule has 0 aliphatic carbocycles. The summed E-state index contributed by atoms with van der Waals surface area (Å²) in [5.74, 6) is -0.0307. The Balaban J connectivity index is 0.000000720. The predicted molar refractivity (Wildman–Crippen MR) is 42.3 cm³/mol. The van der Waals surface area contributed by atoms with E-state index in [0.29, 0.717) is 0 Å². The Labute approximate surface area is 66.2 Å². The molecule has 0 aromatic heterocycles. The summed E-state index contributed by atoms with van der Waals surface area (Å²) in [5, 5.41) is 2.62. The molecule has 56 valence electrons. The van der Waals surface area contributed by atoms with Gasteiger partial charge in [-0.2, -0.15) is 0 Å². The molecule has 2 rings (SSSR count). The molecule has 3 nitrogen and oxygen atoms in total. The second-order valence-electron chi connectivity index (χ2n) is 2.42. The Morgan fingerprint density at radius 3 is 3.36 bits per heavy atom. The summed E-state index contributed by atoms with van der Waals surface area (Å²) in [6, 6.07) is 0. The summed E-state index contributed by atoms with van der Waals surface area (Å²) in [6.45, 7) is 0.787. The molecule has 2 heterocycles. The lowest BCUT2D eigenvalue weighted by Gasteiger charge is -2.26. The molecule has 0 aromatic carbocycles. The molecular weight excluding hydrogens is 140 g/mol. The summed E-state index contributed by atoms with van der Waals surface area (Å²) in [4.78, 5) is 13.0. The zero-order chi connectivity index (χ0) is 7.68. The van der Waals surface area contributed by atoms with Gasteiger partial charge in [-0.05, 0) is 6.08 Å². The monoisotopic (exact) mass is 149 g/mol. The largest absolute Gasteiger partial charge is 1.00 e. The highest BCUT2D eigenvalue weighted by Gasteiger charge is 2.18. The molecule has 1 amide bonds. The molecule has 2 aliphatic rings. The summed E-state index contributed by atoms with van der Waals surface area (Å²) in [5.41, 5.74) is 0.718. The van der Waals surface area contributed by atoms with Gasteiger partial charge in [0.2, 0.25) is 0 Å². The number of nitrogens with zero attached hydrogens (tertiary/aromatic N) is 1. The molecule has 0 saturated heterocycles. The maximum Gasteiger partial charge on any atom is 1.00 e. The molecule has 1 N–H and O–H groups in total. The first kappa shape index (κ1) is 6.22. The molecule has 0 saturated carbocycles. The lowest BCUT2D eigenvalue weighted by Crippen LogP contribution is -2.35. The van der Waals surface area contributed by atoms with Gasteiger partial charge >= 0.3 is 1.43 Å².